The number of fused-ring (bicyclic) bond motifs is 1. The maximum Gasteiger partial charge on any atom is 0.253 e. The van der Waals surface area contributed by atoms with Crippen LogP contribution in [0.25, 0.3) is 10.8 Å². The van der Waals surface area contributed by atoms with E-state index in [-0.39, 0.29) is 5.91 Å². The molecule has 1 fully saturated rings. The minimum absolute atomic E-state index is 0.139. The summed E-state index contributed by atoms with van der Waals surface area (Å²) in [6.45, 7) is 1.76. The van der Waals surface area contributed by atoms with Crippen LogP contribution in [0.5, 0.6) is 0 Å². The summed E-state index contributed by atoms with van der Waals surface area (Å²) in [5.41, 5.74) is 0.752. The van der Waals surface area contributed by atoms with Gasteiger partial charge in [0.05, 0.1) is 12.4 Å². The van der Waals surface area contributed by atoms with E-state index in [0.29, 0.717) is 0 Å². The smallest absolute Gasteiger partial charge is 0.253 e. The van der Waals surface area contributed by atoms with Crippen LogP contribution < -0.4 is 0 Å². The second-order valence-corrected chi connectivity index (χ2v) is 5.04. The molecule has 1 aliphatic heterocycles. The second kappa shape index (κ2) is 5.34. The molecule has 4 nitrogen and oxygen atoms in total. The Balaban J connectivity index is 1.88. The average molecular weight is 255 g/mol. The van der Waals surface area contributed by atoms with Crippen molar-refractivity contribution in [3.8, 4) is 0 Å². The van der Waals surface area contributed by atoms with Gasteiger partial charge in [-0.3, -0.25) is 4.79 Å². The SMILES string of the molecule is O=C(c1ccc2cnncc2c1)N1CCCCCC1. The van der Waals surface area contributed by atoms with Crippen molar-refractivity contribution in [2.75, 3.05) is 13.1 Å². The fourth-order valence-corrected chi connectivity index (χ4v) is 2.58. The quantitative estimate of drug-likeness (QED) is 0.787. The highest BCUT2D eigenvalue weighted by atomic mass is 16.2. The maximum absolute atomic E-state index is 12.5. The Morgan fingerprint density at radius 3 is 2.37 bits per heavy atom. The Hall–Kier alpha value is -1.97. The van der Waals surface area contributed by atoms with E-state index in [1.165, 1.54) is 12.8 Å². The molecule has 1 aliphatic rings. The van der Waals surface area contributed by atoms with Gasteiger partial charge in [0.2, 0.25) is 0 Å². The fourth-order valence-electron chi connectivity index (χ4n) is 2.58. The summed E-state index contributed by atoms with van der Waals surface area (Å²) >= 11 is 0. The van der Waals surface area contributed by atoms with Gasteiger partial charge in [-0.15, -0.1) is 0 Å². The van der Waals surface area contributed by atoms with Crippen molar-refractivity contribution in [2.45, 2.75) is 25.7 Å². The number of hydrogen-bond acceptors (Lipinski definition) is 3. The molecule has 0 aliphatic carbocycles. The van der Waals surface area contributed by atoms with Crippen LogP contribution in [0, 0.1) is 0 Å². The van der Waals surface area contributed by atoms with Crippen LogP contribution in [0.3, 0.4) is 0 Å². The zero-order chi connectivity index (χ0) is 13.1. The molecule has 3 rings (SSSR count). The molecule has 1 aromatic carbocycles. The van der Waals surface area contributed by atoms with Gasteiger partial charge in [-0.1, -0.05) is 18.9 Å². The molecule has 0 atom stereocenters. The molecule has 98 valence electrons. The Morgan fingerprint density at radius 2 is 1.63 bits per heavy atom. The predicted octanol–water partition coefficient (Wildman–Crippen LogP) is 2.65. The first kappa shape index (κ1) is 12.1. The number of benzene rings is 1. The number of carbonyl (C=O) groups is 1. The highest BCUT2D eigenvalue weighted by Crippen LogP contribution is 2.17. The molecule has 0 unspecified atom stereocenters. The minimum Gasteiger partial charge on any atom is -0.339 e. The number of carbonyl (C=O) groups excluding carboxylic acids is 1. The van der Waals surface area contributed by atoms with Crippen molar-refractivity contribution in [2.24, 2.45) is 0 Å². The zero-order valence-electron chi connectivity index (χ0n) is 10.9. The topological polar surface area (TPSA) is 46.1 Å². The van der Waals surface area contributed by atoms with Gasteiger partial charge in [0.1, 0.15) is 0 Å². The van der Waals surface area contributed by atoms with E-state index in [1.807, 2.05) is 23.1 Å². The van der Waals surface area contributed by atoms with Crippen LogP contribution in [0.2, 0.25) is 0 Å². The molecule has 2 heterocycles. The standard InChI is InChI=1S/C15H17N3O/c19-15(18-7-3-1-2-4-8-18)12-5-6-13-10-16-17-11-14(13)9-12/h5-6,9-11H,1-4,7-8H2. The van der Waals surface area contributed by atoms with E-state index < -0.39 is 0 Å². The van der Waals surface area contributed by atoms with Gasteiger partial charge in [0.15, 0.2) is 0 Å². The lowest BCUT2D eigenvalue weighted by Crippen LogP contribution is -2.31. The van der Waals surface area contributed by atoms with E-state index in [0.717, 1.165) is 42.3 Å². The molecule has 0 N–H and O–H groups in total. The summed E-state index contributed by atoms with van der Waals surface area (Å²) in [5, 5.41) is 9.69. The average Bonchev–Trinajstić information content (AvgIpc) is 2.75. The molecular formula is C15H17N3O. The Morgan fingerprint density at radius 1 is 0.947 bits per heavy atom. The van der Waals surface area contributed by atoms with Crippen LogP contribution in [0.15, 0.2) is 30.6 Å². The van der Waals surface area contributed by atoms with Crippen molar-refractivity contribution >= 4 is 16.7 Å². The lowest BCUT2D eigenvalue weighted by Gasteiger charge is -2.20. The first-order valence-corrected chi connectivity index (χ1v) is 6.84. The lowest BCUT2D eigenvalue weighted by atomic mass is 10.1. The van der Waals surface area contributed by atoms with Crippen molar-refractivity contribution < 1.29 is 4.79 Å². The van der Waals surface area contributed by atoms with Gasteiger partial charge in [-0.2, -0.15) is 10.2 Å². The minimum atomic E-state index is 0.139. The molecular weight excluding hydrogens is 238 g/mol. The Bertz CT molecular complexity index is 589. The third-order valence-corrected chi connectivity index (χ3v) is 3.69. The largest absolute Gasteiger partial charge is 0.339 e. The molecule has 2 aromatic rings. The second-order valence-electron chi connectivity index (χ2n) is 5.04. The van der Waals surface area contributed by atoms with Crippen molar-refractivity contribution in [1.29, 1.82) is 0 Å². The summed E-state index contributed by atoms with van der Waals surface area (Å²) in [4.78, 5) is 14.5. The molecule has 4 heteroatoms. The van der Waals surface area contributed by atoms with Crippen LogP contribution in [-0.2, 0) is 0 Å². The maximum atomic E-state index is 12.5. The fraction of sp³-hybridized carbons (Fsp3) is 0.400. The molecule has 0 bridgehead atoms. The number of amides is 1. The van der Waals surface area contributed by atoms with Gasteiger partial charge < -0.3 is 4.90 Å². The third kappa shape index (κ3) is 2.57. The molecule has 1 aromatic heterocycles. The summed E-state index contributed by atoms with van der Waals surface area (Å²) in [6.07, 6.45) is 8.12. The van der Waals surface area contributed by atoms with Gasteiger partial charge in [-0.05, 0) is 25.0 Å². The number of likely N-dealkylation sites (tertiary alicyclic amines) is 1. The number of nitrogens with zero attached hydrogens (tertiary/aromatic N) is 3. The van der Waals surface area contributed by atoms with Crippen LogP contribution in [0.1, 0.15) is 36.0 Å². The van der Waals surface area contributed by atoms with Crippen LogP contribution in [0.4, 0.5) is 0 Å². The van der Waals surface area contributed by atoms with Crippen molar-refractivity contribution in [1.82, 2.24) is 15.1 Å². The summed E-state index contributed by atoms with van der Waals surface area (Å²) in [5.74, 6) is 0.139. The Labute approximate surface area is 112 Å². The monoisotopic (exact) mass is 255 g/mol. The van der Waals surface area contributed by atoms with Gasteiger partial charge in [0, 0.05) is 29.4 Å². The van der Waals surface area contributed by atoms with E-state index in [9.17, 15) is 4.79 Å². The zero-order valence-corrected chi connectivity index (χ0v) is 10.9. The summed E-state index contributed by atoms with van der Waals surface area (Å²) < 4.78 is 0. The summed E-state index contributed by atoms with van der Waals surface area (Å²) in [6, 6.07) is 5.74. The lowest BCUT2D eigenvalue weighted by molar-refractivity contribution is 0.0762. The van der Waals surface area contributed by atoms with Gasteiger partial charge in [0.25, 0.3) is 5.91 Å². The van der Waals surface area contributed by atoms with Crippen molar-refractivity contribution in [3.63, 3.8) is 0 Å². The predicted molar refractivity (Wildman–Crippen MR) is 73.9 cm³/mol. The number of hydrogen-bond donors (Lipinski definition) is 0. The highest BCUT2D eigenvalue weighted by molar-refractivity contribution is 5.98. The molecule has 0 saturated carbocycles. The number of rotatable bonds is 1. The molecule has 0 radical (unpaired) electrons. The highest BCUT2D eigenvalue weighted by Gasteiger charge is 2.17. The normalized spacial score (nSPS) is 16.3. The molecule has 19 heavy (non-hydrogen) atoms. The van der Waals surface area contributed by atoms with Crippen LogP contribution >= 0.6 is 0 Å². The van der Waals surface area contributed by atoms with E-state index in [1.54, 1.807) is 12.4 Å². The first-order chi connectivity index (χ1) is 9.34. The number of aromatic nitrogens is 2. The van der Waals surface area contributed by atoms with E-state index in [2.05, 4.69) is 10.2 Å². The molecule has 1 saturated heterocycles. The third-order valence-electron chi connectivity index (χ3n) is 3.69. The van der Waals surface area contributed by atoms with Gasteiger partial charge >= 0.3 is 0 Å². The Kier molecular flexibility index (Phi) is 3.40. The molecule has 1 amide bonds. The van der Waals surface area contributed by atoms with Crippen LogP contribution in [-0.4, -0.2) is 34.1 Å². The summed E-state index contributed by atoms with van der Waals surface area (Å²) in [7, 11) is 0. The van der Waals surface area contributed by atoms with E-state index in [4.69, 9.17) is 0 Å². The van der Waals surface area contributed by atoms with Gasteiger partial charge in [-0.25, -0.2) is 0 Å². The first-order valence-electron chi connectivity index (χ1n) is 6.84. The van der Waals surface area contributed by atoms with E-state index >= 15 is 0 Å². The molecule has 0 spiro atoms. The van der Waals surface area contributed by atoms with Crippen molar-refractivity contribution in [3.05, 3.63) is 36.2 Å².